The molecule has 0 aliphatic carbocycles. The fraction of sp³-hybridized carbons (Fsp3) is 0.263. The first-order chi connectivity index (χ1) is 13.0. The Kier molecular flexibility index (Phi) is 5.75. The van der Waals surface area contributed by atoms with Crippen molar-refractivity contribution in [2.24, 2.45) is 5.92 Å². The Morgan fingerprint density at radius 1 is 1.11 bits per heavy atom. The first kappa shape index (κ1) is 18.5. The summed E-state index contributed by atoms with van der Waals surface area (Å²) in [6, 6.07) is 9.10. The zero-order chi connectivity index (χ0) is 19.2. The van der Waals surface area contributed by atoms with Crippen LogP contribution >= 0.6 is 0 Å². The second-order valence-electron chi connectivity index (χ2n) is 6.23. The Morgan fingerprint density at radius 2 is 1.81 bits per heavy atom. The van der Waals surface area contributed by atoms with Crippen LogP contribution in [-0.4, -0.2) is 35.8 Å². The molecule has 0 saturated carbocycles. The third kappa shape index (κ3) is 4.87. The van der Waals surface area contributed by atoms with E-state index >= 15 is 0 Å². The minimum absolute atomic E-state index is 0.0574. The summed E-state index contributed by atoms with van der Waals surface area (Å²) in [4.78, 5) is 41.6. The van der Waals surface area contributed by atoms with Gasteiger partial charge in [0.1, 0.15) is 5.82 Å². The number of hydrogen-bond donors (Lipinski definition) is 2. The number of hydrogen-bond acceptors (Lipinski definition) is 4. The molecule has 1 aromatic carbocycles. The van der Waals surface area contributed by atoms with E-state index in [2.05, 4.69) is 15.6 Å². The number of nitrogens with zero attached hydrogens (tertiary/aromatic N) is 2. The van der Waals surface area contributed by atoms with E-state index in [9.17, 15) is 18.8 Å². The molecule has 2 heterocycles. The van der Waals surface area contributed by atoms with E-state index in [1.807, 2.05) is 0 Å². The van der Waals surface area contributed by atoms with Gasteiger partial charge in [-0.05, 0) is 42.0 Å². The normalized spacial score (nSPS) is 16.3. The van der Waals surface area contributed by atoms with E-state index in [4.69, 9.17) is 0 Å². The predicted octanol–water partition coefficient (Wildman–Crippen LogP) is 1.01. The number of halogens is 1. The standard InChI is InChI=1S/C19H19FN4O3/c20-15-1-3-16(4-2-15)24-12-14(9-18(24)26)19(27)23-11-17(25)22-10-13-5-7-21-8-6-13/h1-8,14H,9-12H2,(H,22,25)(H,23,27)/t14-/m1/s1. The Balaban J connectivity index is 1.46. The lowest BCUT2D eigenvalue weighted by Gasteiger charge is -2.16. The highest BCUT2D eigenvalue weighted by Crippen LogP contribution is 2.25. The van der Waals surface area contributed by atoms with Crippen LogP contribution in [0.3, 0.4) is 0 Å². The number of anilines is 1. The molecule has 3 amide bonds. The van der Waals surface area contributed by atoms with Crippen LogP contribution < -0.4 is 15.5 Å². The Labute approximate surface area is 155 Å². The van der Waals surface area contributed by atoms with Crippen LogP contribution in [0.5, 0.6) is 0 Å². The van der Waals surface area contributed by atoms with Crippen molar-refractivity contribution in [3.05, 3.63) is 60.2 Å². The van der Waals surface area contributed by atoms with Gasteiger partial charge in [-0.1, -0.05) is 0 Å². The molecule has 2 aromatic rings. The molecule has 0 spiro atoms. The molecule has 3 rings (SSSR count). The Morgan fingerprint density at radius 3 is 2.52 bits per heavy atom. The highest BCUT2D eigenvalue weighted by atomic mass is 19.1. The van der Waals surface area contributed by atoms with Crippen LogP contribution in [0, 0.1) is 11.7 Å². The smallest absolute Gasteiger partial charge is 0.239 e. The largest absolute Gasteiger partial charge is 0.350 e. The molecule has 0 unspecified atom stereocenters. The molecule has 0 bridgehead atoms. The summed E-state index contributed by atoms with van der Waals surface area (Å²) in [5.74, 6) is -1.82. The number of carbonyl (C=O) groups is 3. The maximum Gasteiger partial charge on any atom is 0.239 e. The van der Waals surface area contributed by atoms with Gasteiger partial charge in [-0.25, -0.2) is 4.39 Å². The zero-order valence-corrected chi connectivity index (χ0v) is 14.5. The third-order valence-corrected chi connectivity index (χ3v) is 4.30. The van der Waals surface area contributed by atoms with Crippen molar-refractivity contribution < 1.29 is 18.8 Å². The lowest BCUT2D eigenvalue weighted by molar-refractivity contribution is -0.129. The molecule has 1 aromatic heterocycles. The van der Waals surface area contributed by atoms with E-state index in [-0.39, 0.29) is 37.2 Å². The minimum Gasteiger partial charge on any atom is -0.350 e. The molecule has 7 nitrogen and oxygen atoms in total. The molecular weight excluding hydrogens is 351 g/mol. The lowest BCUT2D eigenvalue weighted by Crippen LogP contribution is -2.40. The number of rotatable bonds is 6. The highest BCUT2D eigenvalue weighted by molar-refractivity contribution is 6.00. The van der Waals surface area contributed by atoms with E-state index in [1.165, 1.54) is 29.2 Å². The predicted molar refractivity (Wildman–Crippen MR) is 96.0 cm³/mol. The van der Waals surface area contributed by atoms with Crippen molar-refractivity contribution >= 4 is 23.4 Å². The van der Waals surface area contributed by atoms with Gasteiger partial charge in [0.15, 0.2) is 0 Å². The van der Waals surface area contributed by atoms with Crippen LogP contribution in [0.2, 0.25) is 0 Å². The van der Waals surface area contributed by atoms with Crippen LogP contribution in [0.4, 0.5) is 10.1 Å². The van der Waals surface area contributed by atoms with Crippen LogP contribution in [0.25, 0.3) is 0 Å². The first-order valence-corrected chi connectivity index (χ1v) is 8.52. The molecule has 1 atom stereocenters. The van der Waals surface area contributed by atoms with Crippen LogP contribution in [0.1, 0.15) is 12.0 Å². The monoisotopic (exact) mass is 370 g/mol. The van der Waals surface area contributed by atoms with Crippen molar-refractivity contribution in [3.63, 3.8) is 0 Å². The SMILES string of the molecule is O=C(CNC(=O)[C@@H]1CC(=O)N(c2ccc(F)cc2)C1)NCc1ccncc1. The van der Waals surface area contributed by atoms with Crippen molar-refractivity contribution in [2.75, 3.05) is 18.0 Å². The van der Waals surface area contributed by atoms with Gasteiger partial charge in [-0.2, -0.15) is 0 Å². The summed E-state index contributed by atoms with van der Waals surface area (Å²) < 4.78 is 13.0. The number of nitrogens with one attached hydrogen (secondary N) is 2. The van der Waals surface area contributed by atoms with Crippen LogP contribution in [-0.2, 0) is 20.9 Å². The lowest BCUT2D eigenvalue weighted by atomic mass is 10.1. The van der Waals surface area contributed by atoms with E-state index in [0.29, 0.717) is 12.2 Å². The minimum atomic E-state index is -0.546. The Bertz CT molecular complexity index is 827. The van der Waals surface area contributed by atoms with E-state index in [1.54, 1.807) is 24.5 Å². The molecule has 8 heteroatoms. The van der Waals surface area contributed by atoms with Gasteiger partial charge in [-0.3, -0.25) is 19.4 Å². The van der Waals surface area contributed by atoms with Gasteiger partial charge in [0.05, 0.1) is 12.5 Å². The third-order valence-electron chi connectivity index (χ3n) is 4.30. The molecular formula is C19H19FN4O3. The van der Waals surface area contributed by atoms with Gasteiger partial charge in [0, 0.05) is 37.6 Å². The average molecular weight is 370 g/mol. The van der Waals surface area contributed by atoms with Gasteiger partial charge in [0.25, 0.3) is 0 Å². The van der Waals surface area contributed by atoms with Crippen molar-refractivity contribution in [3.8, 4) is 0 Å². The van der Waals surface area contributed by atoms with Gasteiger partial charge < -0.3 is 15.5 Å². The molecule has 2 N–H and O–H groups in total. The topological polar surface area (TPSA) is 91.4 Å². The summed E-state index contributed by atoms with van der Waals surface area (Å²) in [6.07, 6.45) is 3.32. The molecule has 1 fully saturated rings. The summed E-state index contributed by atoms with van der Waals surface area (Å²) in [5, 5.41) is 5.26. The average Bonchev–Trinajstić information content (AvgIpc) is 3.07. The summed E-state index contributed by atoms with van der Waals surface area (Å²) in [6.45, 7) is 0.386. The highest BCUT2D eigenvalue weighted by Gasteiger charge is 2.35. The number of pyridine rings is 1. The number of amides is 3. The zero-order valence-electron chi connectivity index (χ0n) is 14.5. The van der Waals surface area contributed by atoms with E-state index in [0.717, 1.165) is 5.56 Å². The second-order valence-corrected chi connectivity index (χ2v) is 6.23. The first-order valence-electron chi connectivity index (χ1n) is 8.52. The number of carbonyl (C=O) groups excluding carboxylic acids is 3. The van der Waals surface area contributed by atoms with Gasteiger partial charge in [0.2, 0.25) is 17.7 Å². The number of aromatic nitrogens is 1. The summed E-state index contributed by atoms with van der Waals surface area (Å²) >= 11 is 0. The quantitative estimate of drug-likeness (QED) is 0.794. The van der Waals surface area contributed by atoms with Crippen LogP contribution in [0.15, 0.2) is 48.8 Å². The fourth-order valence-electron chi connectivity index (χ4n) is 2.83. The van der Waals surface area contributed by atoms with Crippen molar-refractivity contribution in [1.29, 1.82) is 0 Å². The van der Waals surface area contributed by atoms with Crippen molar-refractivity contribution in [2.45, 2.75) is 13.0 Å². The maximum absolute atomic E-state index is 13.0. The van der Waals surface area contributed by atoms with Gasteiger partial charge in [-0.15, -0.1) is 0 Å². The fourth-order valence-corrected chi connectivity index (χ4v) is 2.83. The summed E-state index contributed by atoms with van der Waals surface area (Å²) in [5.41, 5.74) is 1.45. The molecule has 140 valence electrons. The van der Waals surface area contributed by atoms with Crippen molar-refractivity contribution in [1.82, 2.24) is 15.6 Å². The molecule has 1 aliphatic rings. The summed E-state index contributed by atoms with van der Waals surface area (Å²) in [7, 11) is 0. The molecule has 1 aliphatic heterocycles. The van der Waals surface area contributed by atoms with Gasteiger partial charge >= 0.3 is 0 Å². The molecule has 0 radical (unpaired) electrons. The number of benzene rings is 1. The van der Waals surface area contributed by atoms with E-state index < -0.39 is 11.7 Å². The second kappa shape index (κ2) is 8.39. The molecule has 1 saturated heterocycles. The Hall–Kier alpha value is -3.29. The maximum atomic E-state index is 13.0. The molecule has 27 heavy (non-hydrogen) atoms.